The van der Waals surface area contributed by atoms with Crippen LogP contribution in [-0.4, -0.2) is 17.9 Å². The molecule has 0 unspecified atom stereocenters. The molecule has 0 saturated heterocycles. The molecule has 8 nitrogen and oxygen atoms in total. The topological polar surface area (TPSA) is 112 Å². The fourth-order valence-electron chi connectivity index (χ4n) is 2.70. The van der Waals surface area contributed by atoms with Gasteiger partial charge in [-0.25, -0.2) is 9.59 Å². The van der Waals surface area contributed by atoms with Crippen LogP contribution in [0.1, 0.15) is 21.5 Å². The number of nitrogens with zero attached hydrogens (tertiary/aromatic N) is 1. The molecular weight excluding hydrogens is 352 g/mol. The van der Waals surface area contributed by atoms with Gasteiger partial charge in [0.15, 0.2) is 0 Å². The number of rotatable bonds is 5. The van der Waals surface area contributed by atoms with Crippen molar-refractivity contribution in [2.24, 2.45) is 0 Å². The molecule has 0 bridgehead atoms. The minimum Gasteiger partial charge on any atom is -0.457 e. The van der Waals surface area contributed by atoms with E-state index in [-0.39, 0.29) is 17.9 Å². The Bertz CT molecular complexity index is 1100. The van der Waals surface area contributed by atoms with E-state index in [1.165, 1.54) is 18.2 Å². The number of nitrogens with one attached hydrogen (secondary N) is 1. The number of carbonyl (C=O) groups excluding carboxylic acids is 1. The fourth-order valence-corrected chi connectivity index (χ4v) is 2.70. The molecule has 1 aromatic heterocycles. The molecule has 1 heterocycles. The van der Waals surface area contributed by atoms with Crippen LogP contribution in [0.25, 0.3) is 11.0 Å². The van der Waals surface area contributed by atoms with Crippen molar-refractivity contribution in [2.75, 3.05) is 12.4 Å². The highest BCUT2D eigenvalue weighted by Gasteiger charge is 2.18. The predicted octanol–water partition coefficient (Wildman–Crippen LogP) is 3.41. The first-order valence-electron chi connectivity index (χ1n) is 8.06. The second kappa shape index (κ2) is 7.28. The van der Waals surface area contributed by atoms with Gasteiger partial charge in [-0.05, 0) is 30.7 Å². The van der Waals surface area contributed by atoms with Gasteiger partial charge in [0.1, 0.15) is 17.9 Å². The number of carbonyl (C=O) groups is 1. The lowest BCUT2D eigenvalue weighted by atomic mass is 10.1. The third-order valence-electron chi connectivity index (χ3n) is 4.04. The number of anilines is 1. The molecule has 2 aromatic carbocycles. The first kappa shape index (κ1) is 18.1. The quantitative estimate of drug-likeness (QED) is 0.318. The molecule has 0 spiro atoms. The van der Waals surface area contributed by atoms with Crippen LogP contribution in [0.5, 0.6) is 0 Å². The maximum atomic E-state index is 12.3. The minimum atomic E-state index is -0.728. The maximum Gasteiger partial charge on any atom is 0.338 e. The van der Waals surface area contributed by atoms with E-state index in [9.17, 15) is 19.7 Å². The zero-order valence-electron chi connectivity index (χ0n) is 14.6. The summed E-state index contributed by atoms with van der Waals surface area (Å²) in [5.74, 6) is -0.728. The second-order valence-electron chi connectivity index (χ2n) is 5.91. The summed E-state index contributed by atoms with van der Waals surface area (Å²) < 4.78 is 10.4. The first-order chi connectivity index (χ1) is 12.9. The van der Waals surface area contributed by atoms with Crippen LogP contribution in [0.4, 0.5) is 11.4 Å². The van der Waals surface area contributed by atoms with Crippen molar-refractivity contribution < 1.29 is 18.9 Å². The molecule has 1 N–H and O–H groups in total. The van der Waals surface area contributed by atoms with E-state index in [2.05, 4.69) is 5.32 Å². The monoisotopic (exact) mass is 368 g/mol. The molecule has 0 radical (unpaired) electrons. The highest BCUT2D eigenvalue weighted by molar-refractivity contribution is 5.91. The number of nitro benzene ring substituents is 1. The van der Waals surface area contributed by atoms with Gasteiger partial charge in [-0.3, -0.25) is 10.1 Å². The van der Waals surface area contributed by atoms with Crippen LogP contribution in [0.15, 0.2) is 51.7 Å². The van der Waals surface area contributed by atoms with Gasteiger partial charge in [0, 0.05) is 30.1 Å². The first-order valence-corrected chi connectivity index (χ1v) is 8.06. The van der Waals surface area contributed by atoms with E-state index < -0.39 is 16.5 Å². The van der Waals surface area contributed by atoms with Gasteiger partial charge < -0.3 is 14.5 Å². The minimum absolute atomic E-state index is 0.0452. The molecule has 0 aliphatic rings. The van der Waals surface area contributed by atoms with Gasteiger partial charge >= 0.3 is 11.6 Å². The highest BCUT2D eigenvalue weighted by Crippen LogP contribution is 2.26. The van der Waals surface area contributed by atoms with E-state index in [0.29, 0.717) is 22.2 Å². The summed E-state index contributed by atoms with van der Waals surface area (Å²) in [6.45, 7) is 1.71. The standard InChI is InChI=1S/C19H16N2O6/c1-11-3-5-14-13(9-18(22)27-17(14)7-11)10-26-19(23)12-4-6-15(20-2)16(8-12)21(24)25/h3-9,20H,10H2,1-2H3. The number of fused-ring (bicyclic) bond motifs is 1. The van der Waals surface area contributed by atoms with Gasteiger partial charge in [-0.2, -0.15) is 0 Å². The Hall–Kier alpha value is -3.68. The number of nitro groups is 1. The van der Waals surface area contributed by atoms with Crippen molar-refractivity contribution in [3.8, 4) is 0 Å². The summed E-state index contributed by atoms with van der Waals surface area (Å²) in [5, 5.41) is 14.5. The van der Waals surface area contributed by atoms with E-state index in [0.717, 1.165) is 11.6 Å². The normalized spacial score (nSPS) is 10.6. The number of benzene rings is 2. The second-order valence-corrected chi connectivity index (χ2v) is 5.91. The van der Waals surface area contributed by atoms with E-state index in [4.69, 9.17) is 9.15 Å². The van der Waals surface area contributed by atoms with Crippen molar-refractivity contribution in [1.82, 2.24) is 0 Å². The molecule has 8 heteroatoms. The van der Waals surface area contributed by atoms with Crippen LogP contribution < -0.4 is 10.9 Å². The Morgan fingerprint density at radius 2 is 2.00 bits per heavy atom. The summed E-state index contributed by atoms with van der Waals surface area (Å²) in [5.41, 5.74) is 1.39. The molecule has 138 valence electrons. The van der Waals surface area contributed by atoms with Crippen molar-refractivity contribution in [1.29, 1.82) is 0 Å². The number of hydrogen-bond donors (Lipinski definition) is 1. The highest BCUT2D eigenvalue weighted by atomic mass is 16.6. The average molecular weight is 368 g/mol. The fraction of sp³-hybridized carbons (Fsp3) is 0.158. The predicted molar refractivity (Wildman–Crippen MR) is 99.0 cm³/mol. The smallest absolute Gasteiger partial charge is 0.338 e. The van der Waals surface area contributed by atoms with Crippen molar-refractivity contribution in [3.63, 3.8) is 0 Å². The number of hydrogen-bond acceptors (Lipinski definition) is 7. The third kappa shape index (κ3) is 3.79. The molecule has 3 rings (SSSR count). The lowest BCUT2D eigenvalue weighted by molar-refractivity contribution is -0.384. The van der Waals surface area contributed by atoms with Gasteiger partial charge in [-0.15, -0.1) is 0 Å². The molecule has 0 aliphatic heterocycles. The van der Waals surface area contributed by atoms with Crippen LogP contribution >= 0.6 is 0 Å². The summed E-state index contributed by atoms with van der Waals surface area (Å²) in [6.07, 6.45) is 0. The van der Waals surface area contributed by atoms with Crippen LogP contribution in [-0.2, 0) is 11.3 Å². The number of aryl methyl sites for hydroxylation is 1. The molecule has 0 amide bonds. The summed E-state index contributed by atoms with van der Waals surface area (Å²) >= 11 is 0. The molecule has 0 saturated carbocycles. The molecular formula is C19H16N2O6. The van der Waals surface area contributed by atoms with Gasteiger partial charge in [-0.1, -0.05) is 12.1 Å². The molecule has 0 fully saturated rings. The Kier molecular flexibility index (Phi) is 4.89. The maximum absolute atomic E-state index is 12.3. The largest absolute Gasteiger partial charge is 0.457 e. The SMILES string of the molecule is CNc1ccc(C(=O)OCc2cc(=O)oc3cc(C)ccc23)cc1[N+](=O)[O-]. The average Bonchev–Trinajstić information content (AvgIpc) is 2.64. The molecule has 27 heavy (non-hydrogen) atoms. The van der Waals surface area contributed by atoms with Gasteiger partial charge in [0.05, 0.1) is 10.5 Å². The van der Waals surface area contributed by atoms with Crippen LogP contribution in [0.2, 0.25) is 0 Å². The Labute approximate surface area is 153 Å². The van der Waals surface area contributed by atoms with E-state index >= 15 is 0 Å². The molecule has 0 atom stereocenters. The number of esters is 1. The Balaban J connectivity index is 1.86. The van der Waals surface area contributed by atoms with Crippen molar-refractivity contribution in [2.45, 2.75) is 13.5 Å². The van der Waals surface area contributed by atoms with Gasteiger partial charge in [0.25, 0.3) is 5.69 Å². The lowest BCUT2D eigenvalue weighted by Gasteiger charge is -2.08. The van der Waals surface area contributed by atoms with Crippen LogP contribution in [0.3, 0.4) is 0 Å². The number of ether oxygens (including phenoxy) is 1. The lowest BCUT2D eigenvalue weighted by Crippen LogP contribution is -2.09. The van der Waals surface area contributed by atoms with Crippen molar-refractivity contribution in [3.05, 3.63) is 79.7 Å². The molecule has 3 aromatic rings. The third-order valence-corrected chi connectivity index (χ3v) is 4.04. The molecule has 0 aliphatic carbocycles. The summed E-state index contributed by atoms with van der Waals surface area (Å²) in [4.78, 5) is 34.6. The zero-order chi connectivity index (χ0) is 19.6. The van der Waals surface area contributed by atoms with Crippen molar-refractivity contribution >= 4 is 28.3 Å². The summed E-state index contributed by atoms with van der Waals surface area (Å²) in [6, 6.07) is 10.6. The summed E-state index contributed by atoms with van der Waals surface area (Å²) in [7, 11) is 1.55. The zero-order valence-corrected chi connectivity index (χ0v) is 14.6. The Morgan fingerprint density at radius 3 is 2.70 bits per heavy atom. The van der Waals surface area contributed by atoms with E-state index in [1.54, 1.807) is 19.2 Å². The van der Waals surface area contributed by atoms with Crippen LogP contribution in [0, 0.1) is 17.0 Å². The van der Waals surface area contributed by atoms with Gasteiger partial charge in [0.2, 0.25) is 0 Å². The Morgan fingerprint density at radius 1 is 1.22 bits per heavy atom. The van der Waals surface area contributed by atoms with E-state index in [1.807, 2.05) is 13.0 Å².